The van der Waals surface area contributed by atoms with Gasteiger partial charge in [-0.2, -0.15) is 0 Å². The highest BCUT2D eigenvalue weighted by atomic mass is 35.5. The van der Waals surface area contributed by atoms with Gasteiger partial charge in [-0.05, 0) is 30.7 Å². The minimum Gasteiger partial charge on any atom is -0.487 e. The smallest absolute Gasteiger partial charge is 0.142 e. The highest BCUT2D eigenvalue weighted by Gasteiger charge is 2.09. The Balaban J connectivity index is 2.14. The van der Waals surface area contributed by atoms with Crippen molar-refractivity contribution in [1.82, 2.24) is 5.32 Å². The zero-order valence-electron chi connectivity index (χ0n) is 11.9. The van der Waals surface area contributed by atoms with Crippen molar-refractivity contribution in [2.45, 2.75) is 27.0 Å². The van der Waals surface area contributed by atoms with E-state index in [0.29, 0.717) is 11.6 Å². The number of nitrogens with one attached hydrogen (secondary N) is 1. The van der Waals surface area contributed by atoms with Gasteiger partial charge in [-0.1, -0.05) is 54.9 Å². The monoisotopic (exact) mass is 289 g/mol. The maximum Gasteiger partial charge on any atom is 0.142 e. The minimum atomic E-state index is 0.537. The predicted octanol–water partition coefficient (Wildman–Crippen LogP) is 4.34. The first-order valence-corrected chi connectivity index (χ1v) is 7.25. The largest absolute Gasteiger partial charge is 0.487 e. The van der Waals surface area contributed by atoms with Crippen LogP contribution < -0.4 is 10.1 Å². The first-order valence-electron chi connectivity index (χ1n) is 6.87. The van der Waals surface area contributed by atoms with E-state index in [2.05, 4.69) is 31.3 Å². The summed E-state index contributed by atoms with van der Waals surface area (Å²) in [4.78, 5) is 0. The van der Waals surface area contributed by atoms with Crippen LogP contribution in [0.15, 0.2) is 42.5 Å². The Bertz CT molecular complexity index is 569. The molecule has 0 spiro atoms. The zero-order valence-corrected chi connectivity index (χ0v) is 12.7. The van der Waals surface area contributed by atoms with E-state index in [1.807, 2.05) is 30.3 Å². The molecule has 2 aromatic rings. The van der Waals surface area contributed by atoms with Crippen LogP contribution in [0.3, 0.4) is 0 Å². The molecule has 20 heavy (non-hydrogen) atoms. The van der Waals surface area contributed by atoms with Gasteiger partial charge in [-0.25, -0.2) is 0 Å². The molecule has 0 aromatic heterocycles. The third kappa shape index (κ3) is 3.75. The van der Waals surface area contributed by atoms with E-state index < -0.39 is 0 Å². The van der Waals surface area contributed by atoms with Crippen molar-refractivity contribution in [3.05, 3.63) is 64.2 Å². The quantitative estimate of drug-likeness (QED) is 0.854. The molecule has 0 aliphatic heterocycles. The van der Waals surface area contributed by atoms with Gasteiger partial charge >= 0.3 is 0 Å². The molecular formula is C17H20ClNO. The van der Waals surface area contributed by atoms with Gasteiger partial charge in [0.1, 0.15) is 12.4 Å². The molecule has 0 aliphatic carbocycles. The first-order chi connectivity index (χ1) is 9.72. The van der Waals surface area contributed by atoms with Crippen LogP contribution in [0.1, 0.15) is 23.6 Å². The second-order valence-corrected chi connectivity index (χ2v) is 5.13. The van der Waals surface area contributed by atoms with Crippen molar-refractivity contribution in [2.24, 2.45) is 0 Å². The fourth-order valence-electron chi connectivity index (χ4n) is 2.04. The predicted molar refractivity (Wildman–Crippen MR) is 84.3 cm³/mol. The third-order valence-electron chi connectivity index (χ3n) is 3.25. The summed E-state index contributed by atoms with van der Waals surface area (Å²) in [6.45, 7) is 6.39. The molecule has 0 saturated carbocycles. The molecular weight excluding hydrogens is 270 g/mol. The average molecular weight is 290 g/mol. The first kappa shape index (κ1) is 14.9. The van der Waals surface area contributed by atoms with Crippen molar-refractivity contribution in [2.75, 3.05) is 6.54 Å². The number of halogens is 1. The molecule has 3 heteroatoms. The molecule has 0 saturated heterocycles. The molecule has 0 bridgehead atoms. The molecule has 106 valence electrons. The molecule has 0 radical (unpaired) electrons. The average Bonchev–Trinajstić information content (AvgIpc) is 2.45. The van der Waals surface area contributed by atoms with Crippen molar-refractivity contribution < 1.29 is 4.74 Å². The van der Waals surface area contributed by atoms with E-state index in [9.17, 15) is 0 Å². The van der Waals surface area contributed by atoms with E-state index in [1.54, 1.807) is 0 Å². The van der Waals surface area contributed by atoms with Gasteiger partial charge in [-0.15, -0.1) is 0 Å². The van der Waals surface area contributed by atoms with Crippen LogP contribution in [0.2, 0.25) is 5.02 Å². The van der Waals surface area contributed by atoms with Gasteiger partial charge < -0.3 is 10.1 Å². The number of rotatable bonds is 6. The van der Waals surface area contributed by atoms with Crippen LogP contribution >= 0.6 is 11.6 Å². The molecule has 2 aromatic carbocycles. The molecule has 0 atom stereocenters. The van der Waals surface area contributed by atoms with Gasteiger partial charge in [-0.3, -0.25) is 0 Å². The second-order valence-electron chi connectivity index (χ2n) is 4.72. The normalized spacial score (nSPS) is 10.6. The second kappa shape index (κ2) is 7.32. The fourth-order valence-corrected chi connectivity index (χ4v) is 2.28. The Kier molecular flexibility index (Phi) is 5.45. The molecule has 0 heterocycles. The summed E-state index contributed by atoms with van der Waals surface area (Å²) in [6.07, 6.45) is 0. The highest BCUT2D eigenvalue weighted by Crippen LogP contribution is 2.29. The van der Waals surface area contributed by atoms with Gasteiger partial charge in [0.15, 0.2) is 0 Å². The number of aryl methyl sites for hydroxylation is 1. The van der Waals surface area contributed by atoms with Crippen molar-refractivity contribution in [3.8, 4) is 5.75 Å². The van der Waals surface area contributed by atoms with Crippen LogP contribution in [0.4, 0.5) is 0 Å². The lowest BCUT2D eigenvalue weighted by Crippen LogP contribution is -2.13. The summed E-state index contributed by atoms with van der Waals surface area (Å²) >= 11 is 6.26. The van der Waals surface area contributed by atoms with E-state index >= 15 is 0 Å². The molecule has 2 nitrogen and oxygen atoms in total. The van der Waals surface area contributed by atoms with Gasteiger partial charge in [0.25, 0.3) is 0 Å². The van der Waals surface area contributed by atoms with Crippen LogP contribution in [0.25, 0.3) is 0 Å². The third-order valence-corrected chi connectivity index (χ3v) is 3.54. The minimum absolute atomic E-state index is 0.537. The number of hydrogen-bond acceptors (Lipinski definition) is 2. The van der Waals surface area contributed by atoms with E-state index in [0.717, 1.165) is 24.4 Å². The summed E-state index contributed by atoms with van der Waals surface area (Å²) < 4.78 is 5.96. The van der Waals surface area contributed by atoms with E-state index in [4.69, 9.17) is 16.3 Å². The summed E-state index contributed by atoms with van der Waals surface area (Å²) in [5.74, 6) is 0.776. The number of benzene rings is 2. The lowest BCUT2D eigenvalue weighted by molar-refractivity contribution is 0.301. The Labute approximate surface area is 125 Å². The zero-order chi connectivity index (χ0) is 14.4. The summed E-state index contributed by atoms with van der Waals surface area (Å²) in [7, 11) is 0. The van der Waals surface area contributed by atoms with Crippen LogP contribution in [-0.4, -0.2) is 6.54 Å². The summed E-state index contributed by atoms with van der Waals surface area (Å²) in [5, 5.41) is 3.96. The summed E-state index contributed by atoms with van der Waals surface area (Å²) in [5.41, 5.74) is 3.50. The molecule has 0 fully saturated rings. The number of hydrogen-bond donors (Lipinski definition) is 1. The number of ether oxygens (including phenoxy) is 1. The summed E-state index contributed by atoms with van der Waals surface area (Å²) in [6, 6.07) is 14.1. The molecule has 1 N–H and O–H groups in total. The Morgan fingerprint density at radius 1 is 1.05 bits per heavy atom. The maximum atomic E-state index is 6.26. The van der Waals surface area contributed by atoms with Crippen LogP contribution in [0, 0.1) is 6.92 Å². The molecule has 0 unspecified atom stereocenters. The lowest BCUT2D eigenvalue weighted by Gasteiger charge is -2.14. The molecule has 0 aliphatic rings. The van der Waals surface area contributed by atoms with Gasteiger partial charge in [0.05, 0.1) is 5.02 Å². The lowest BCUT2D eigenvalue weighted by atomic mass is 10.1. The van der Waals surface area contributed by atoms with Crippen molar-refractivity contribution >= 4 is 11.6 Å². The van der Waals surface area contributed by atoms with Crippen LogP contribution in [-0.2, 0) is 13.2 Å². The van der Waals surface area contributed by atoms with Crippen molar-refractivity contribution in [3.63, 3.8) is 0 Å². The van der Waals surface area contributed by atoms with E-state index in [-0.39, 0.29) is 0 Å². The van der Waals surface area contributed by atoms with Gasteiger partial charge in [0, 0.05) is 12.1 Å². The van der Waals surface area contributed by atoms with Crippen molar-refractivity contribution in [1.29, 1.82) is 0 Å². The number of para-hydroxylation sites is 1. The molecule has 0 amide bonds. The Morgan fingerprint density at radius 3 is 2.55 bits per heavy atom. The SMILES string of the molecule is CCNCc1cccc(Cl)c1OCc1ccccc1C. The highest BCUT2D eigenvalue weighted by molar-refractivity contribution is 6.32. The Morgan fingerprint density at radius 2 is 1.80 bits per heavy atom. The Hall–Kier alpha value is -1.51. The van der Waals surface area contributed by atoms with Crippen LogP contribution in [0.5, 0.6) is 5.75 Å². The maximum absolute atomic E-state index is 6.26. The standard InChI is InChI=1S/C17H20ClNO/c1-3-19-11-14-9-6-10-16(18)17(14)20-12-15-8-5-4-7-13(15)2/h4-10,19H,3,11-12H2,1-2H3. The van der Waals surface area contributed by atoms with Gasteiger partial charge in [0.2, 0.25) is 0 Å². The topological polar surface area (TPSA) is 21.3 Å². The van der Waals surface area contributed by atoms with E-state index in [1.165, 1.54) is 11.1 Å². The fraction of sp³-hybridized carbons (Fsp3) is 0.294. The molecule has 2 rings (SSSR count).